The molecule has 0 aromatic heterocycles. The molecule has 129 heavy (non-hydrogen) atoms. The second kappa shape index (κ2) is 40.5. The summed E-state index contributed by atoms with van der Waals surface area (Å²) in [5.41, 5.74) is 6.16. The van der Waals surface area contributed by atoms with Gasteiger partial charge in [0, 0.05) is 118 Å². The number of carbonyl (C=O) groups is 6. The van der Waals surface area contributed by atoms with E-state index in [-0.39, 0.29) is 90.0 Å². The predicted molar refractivity (Wildman–Crippen MR) is 528 cm³/mol. The summed E-state index contributed by atoms with van der Waals surface area (Å²) in [6, 6.07) is 47.0. The van der Waals surface area contributed by atoms with E-state index in [1.54, 1.807) is 16.7 Å². The number of carboxylic acids is 1. The van der Waals surface area contributed by atoms with Gasteiger partial charge in [-0.3, -0.25) is 14.4 Å². The molecule has 6 aromatic rings. The minimum Gasteiger partial charge on any atom is -0.477 e. The molecule has 0 unspecified atom stereocenters. The van der Waals surface area contributed by atoms with Crippen molar-refractivity contribution in [1.82, 2.24) is 44.5 Å². The topological polar surface area (TPSA) is 216 Å². The molecule has 30 heteroatoms. The Morgan fingerprint density at radius 1 is 0.426 bits per heavy atom. The molecule has 9 aliphatic rings. The Labute approximate surface area is 804 Å². The number of nitrogens with zero attached hydrogens (tertiary/aromatic N) is 11. The molecule has 0 saturated carbocycles. The van der Waals surface area contributed by atoms with Crippen LogP contribution < -0.4 is 5.32 Å². The fourth-order valence-electron chi connectivity index (χ4n) is 17.8. The molecule has 0 radical (unpaired) electrons. The number of halogens is 6. The van der Waals surface area contributed by atoms with Crippen LogP contribution in [0.3, 0.4) is 0 Å². The molecular formula is C99H122Cl6N12O9S3. The molecule has 3 saturated heterocycles. The van der Waals surface area contributed by atoms with E-state index < -0.39 is 33.8 Å². The SMILES string of the molecule is CC(=O)N1CC[C@H]1CN(C(=O)C1=C(C(C)C)N2C(=N[C@@](C)(c3ccc(Cl)cc3)[C@H]2c2ccc(Cl)cc2)S1)C(C)C.CC(C)C1=C(C(=O)N(C[C@@H]2CCN2C(=O)OC(C)(C)C)C(C)C)SC2=N[C@@](C)(c3ccc(Cl)cc3)[C@@H](c3ccc(Cl)cc3)N21.CC(C)C1=C(C(=O)O)SC2=N[C@@](C)(c3ccc(Cl)cc3)[C@@H](c3ccc(Cl)cc3)N21.CC(C)NC[C@@H]1CCN1C(=O)OC(C)(C)C. The number of ether oxygens (including phenoxy) is 2. The monoisotopic (exact) mass is 1930 g/mol. The fourth-order valence-corrected chi connectivity index (χ4v) is 22.5. The van der Waals surface area contributed by atoms with Gasteiger partial charge in [-0.2, -0.15) is 0 Å². The van der Waals surface area contributed by atoms with Gasteiger partial charge in [0.25, 0.3) is 11.8 Å². The van der Waals surface area contributed by atoms with Crippen molar-refractivity contribution in [1.29, 1.82) is 0 Å². The number of hydrogen-bond donors (Lipinski definition) is 2. The minimum absolute atomic E-state index is 0.000691. The lowest BCUT2D eigenvalue weighted by Crippen LogP contribution is -2.58. The molecule has 0 bridgehead atoms. The largest absolute Gasteiger partial charge is 0.477 e. The highest BCUT2D eigenvalue weighted by molar-refractivity contribution is 8.18. The van der Waals surface area contributed by atoms with Crippen LogP contribution in [-0.2, 0) is 45.3 Å². The third kappa shape index (κ3) is 21.8. The number of carboxylic acid groups (broad SMARTS) is 1. The van der Waals surface area contributed by atoms with Crippen molar-refractivity contribution < 1.29 is 43.3 Å². The van der Waals surface area contributed by atoms with Crippen LogP contribution in [0.5, 0.6) is 0 Å². The first-order chi connectivity index (χ1) is 60.5. The Balaban J connectivity index is 0.000000164. The number of thioether (sulfide) groups is 3. The van der Waals surface area contributed by atoms with E-state index in [9.17, 15) is 33.9 Å². The average molecular weight is 1930 g/mol. The summed E-state index contributed by atoms with van der Waals surface area (Å²) < 4.78 is 11.0. The van der Waals surface area contributed by atoms with Crippen LogP contribution in [0.1, 0.15) is 223 Å². The number of rotatable bonds is 21. The van der Waals surface area contributed by atoms with Crippen molar-refractivity contribution in [3.05, 3.63) is 241 Å². The van der Waals surface area contributed by atoms with Crippen LogP contribution >= 0.6 is 105 Å². The van der Waals surface area contributed by atoms with Crippen LogP contribution in [0.15, 0.2) is 192 Å². The van der Waals surface area contributed by atoms with Gasteiger partial charge in [-0.1, -0.05) is 198 Å². The van der Waals surface area contributed by atoms with E-state index >= 15 is 0 Å². The number of fused-ring (bicyclic) bond motifs is 3. The molecular weight excluding hydrogens is 1810 g/mol. The number of carbonyl (C=O) groups excluding carboxylic acids is 5. The molecule has 0 aliphatic carbocycles. The van der Waals surface area contributed by atoms with E-state index in [0.29, 0.717) is 81.7 Å². The van der Waals surface area contributed by atoms with Crippen molar-refractivity contribution in [3.8, 4) is 0 Å². The zero-order chi connectivity index (χ0) is 94.3. The van der Waals surface area contributed by atoms with Crippen LogP contribution in [0.25, 0.3) is 0 Å². The minimum atomic E-state index is -0.918. The van der Waals surface area contributed by atoms with E-state index in [1.807, 2.05) is 231 Å². The van der Waals surface area contributed by atoms with Crippen molar-refractivity contribution >= 4 is 156 Å². The molecule has 9 heterocycles. The first-order valence-electron chi connectivity index (χ1n) is 44.4. The Morgan fingerprint density at radius 3 is 0.930 bits per heavy atom. The lowest BCUT2D eigenvalue weighted by atomic mass is 9.81. The first-order valence-corrected chi connectivity index (χ1v) is 49.1. The maximum Gasteiger partial charge on any atom is 0.410 e. The van der Waals surface area contributed by atoms with Gasteiger partial charge in [-0.05, 0) is 268 Å². The van der Waals surface area contributed by atoms with Crippen molar-refractivity contribution in [3.63, 3.8) is 0 Å². The molecule has 9 atom stereocenters. The number of amides is 5. The van der Waals surface area contributed by atoms with Crippen LogP contribution in [0.4, 0.5) is 9.59 Å². The Morgan fingerprint density at radius 2 is 0.690 bits per heavy atom. The smallest absolute Gasteiger partial charge is 0.410 e. The molecule has 2 N–H and O–H groups in total. The number of likely N-dealkylation sites (tertiary alicyclic amines) is 3. The number of aliphatic imine (C=N–C) groups is 3. The summed E-state index contributed by atoms with van der Waals surface area (Å²) >= 11 is 41.5. The Hall–Kier alpha value is -7.88. The number of amidine groups is 3. The zero-order valence-corrected chi connectivity index (χ0v) is 84.8. The number of aliphatic carboxylic acids is 1. The highest BCUT2D eigenvalue weighted by Crippen LogP contribution is 2.60. The molecule has 21 nitrogen and oxygen atoms in total. The number of benzene rings is 6. The summed E-state index contributed by atoms with van der Waals surface area (Å²) in [5, 5.41) is 19.4. The number of nitrogens with one attached hydrogen (secondary N) is 1. The van der Waals surface area contributed by atoms with Gasteiger partial charge < -0.3 is 59.1 Å². The Kier molecular flexibility index (Phi) is 31.4. The lowest BCUT2D eigenvalue weighted by Gasteiger charge is -2.44. The summed E-state index contributed by atoms with van der Waals surface area (Å²) in [4.78, 5) is 111. The first kappa shape index (κ1) is 100. The number of allylic oxidation sites excluding steroid dienone is 3. The fraction of sp³-hybridized carbons (Fsp3) is 0.485. The normalized spacial score (nSPS) is 23.3. The highest BCUT2D eigenvalue weighted by atomic mass is 35.5. The van der Waals surface area contributed by atoms with Gasteiger partial charge in [0.2, 0.25) is 5.91 Å². The van der Waals surface area contributed by atoms with Gasteiger partial charge in [0.15, 0.2) is 15.5 Å². The average Bonchev–Trinajstić information content (AvgIpc) is 1.57. The van der Waals surface area contributed by atoms with Crippen LogP contribution in [-0.4, -0.2) is 182 Å². The molecule has 0 spiro atoms. The second-order valence-electron chi connectivity index (χ2n) is 38.4. The van der Waals surface area contributed by atoms with Crippen molar-refractivity contribution in [2.45, 2.75) is 254 Å². The van der Waals surface area contributed by atoms with Crippen molar-refractivity contribution in [2.75, 3.05) is 39.3 Å². The van der Waals surface area contributed by atoms with E-state index in [0.717, 1.165) is 99.7 Å². The Bertz CT molecular complexity index is 5350. The standard InChI is InChI=1S/C34H42Cl2N4O3S.C31H36Cl2N4O2S.C22H20Cl2N2O2S.C12H24N2O2/c1-20(2)27-28(30(41)39(21(3)4)19-26-17-18-38(26)32(42)43-33(5,6)7)44-31-37-34(8,23-11-15-25(36)16-12-23)29(40(27)31)22-9-13-24(35)14-10-22;1-18(2)26-27(29(39)36(19(3)4)17-25-15-16-35(25)20(5)38)40-30-34-31(6,22-9-13-24(33)14-10-22)28(37(26)30)21-7-11-23(32)12-8-21;1-12(2)17-18(20(27)28)29-21-25-22(3,14-6-10-16(24)11-7-14)19(26(17)21)13-4-8-15(23)9-5-13;1-9(2)13-8-10-6-7-14(10)11(15)16-12(3,4)5/h9-16,20-21,26,29H,17-19H2,1-8H3;7-14,18-19,25,28H,15-17H2,1-6H3;4-12,19H,1-3H3,(H,27,28);9-10,13H,6-8H2,1-5H3/t26-,29+,34-;25-,28+,31-;19-,22+;10-/m0010/s1. The van der Waals surface area contributed by atoms with Gasteiger partial charge in [-0.25, -0.2) is 29.4 Å². The van der Waals surface area contributed by atoms with Crippen LogP contribution in [0, 0.1) is 17.8 Å². The lowest BCUT2D eigenvalue weighted by molar-refractivity contribution is -0.140. The van der Waals surface area contributed by atoms with E-state index in [1.165, 1.54) is 35.3 Å². The summed E-state index contributed by atoms with van der Waals surface area (Å²) in [5.74, 6) is -0.737. The second-order valence-corrected chi connectivity index (χ2v) is 43.9. The third-order valence-corrected chi connectivity index (χ3v) is 29.2. The van der Waals surface area contributed by atoms with Gasteiger partial charge in [0.1, 0.15) is 42.5 Å². The number of hydrogen-bond acceptors (Lipinski definition) is 18. The van der Waals surface area contributed by atoms with Gasteiger partial charge in [0.05, 0.1) is 30.2 Å². The van der Waals surface area contributed by atoms with Crippen LogP contribution in [0.2, 0.25) is 30.1 Å². The van der Waals surface area contributed by atoms with Gasteiger partial charge in [-0.15, -0.1) is 0 Å². The summed E-state index contributed by atoms with van der Waals surface area (Å²) in [7, 11) is 0. The molecule has 15 rings (SSSR count). The third-order valence-electron chi connectivity index (χ3n) is 24.5. The molecule has 9 aliphatic heterocycles. The summed E-state index contributed by atoms with van der Waals surface area (Å²) in [6.45, 7) is 48.2. The maximum absolute atomic E-state index is 14.5. The zero-order valence-electron chi connectivity index (χ0n) is 77.8. The predicted octanol–water partition coefficient (Wildman–Crippen LogP) is 23.9. The highest BCUT2D eigenvalue weighted by Gasteiger charge is 2.58. The van der Waals surface area contributed by atoms with E-state index in [4.69, 9.17) is 94.1 Å². The molecule has 692 valence electrons. The van der Waals surface area contributed by atoms with Crippen molar-refractivity contribution in [2.24, 2.45) is 32.7 Å². The molecule has 3 fully saturated rings. The van der Waals surface area contributed by atoms with Gasteiger partial charge >= 0.3 is 18.2 Å². The van der Waals surface area contributed by atoms with E-state index in [2.05, 4.69) is 94.5 Å². The molecule has 5 amide bonds. The maximum atomic E-state index is 14.5. The summed E-state index contributed by atoms with van der Waals surface area (Å²) in [6.07, 6.45) is 2.30. The quantitative estimate of drug-likeness (QED) is 0.0685. The molecule has 6 aromatic carbocycles.